The molecule has 0 radical (unpaired) electrons. The highest BCUT2D eigenvalue weighted by Gasteiger charge is 2.27. The number of benzene rings is 1. The number of rotatable bonds is 3. The van der Waals surface area contributed by atoms with Crippen LogP contribution in [-0.2, 0) is 0 Å². The van der Waals surface area contributed by atoms with Crippen molar-refractivity contribution in [2.45, 2.75) is 39.2 Å². The van der Waals surface area contributed by atoms with E-state index in [-0.39, 0.29) is 11.9 Å². The summed E-state index contributed by atoms with van der Waals surface area (Å²) in [6, 6.07) is 9.85. The Morgan fingerprint density at radius 3 is 2.81 bits per heavy atom. The first-order valence-corrected chi connectivity index (χ1v) is 10.8. The summed E-state index contributed by atoms with van der Waals surface area (Å²) in [4.78, 5) is 24.6. The predicted molar refractivity (Wildman–Crippen MR) is 119 cm³/mol. The minimum Gasteiger partial charge on any atom is -0.486 e. The van der Waals surface area contributed by atoms with Crippen molar-refractivity contribution in [2.24, 2.45) is 0 Å². The molecule has 2 aliphatic heterocycles. The minimum absolute atomic E-state index is 0.00205. The second kappa shape index (κ2) is 8.06. The molecule has 0 bridgehead atoms. The Hall–Kier alpha value is -3.35. The first-order chi connectivity index (χ1) is 15.1. The predicted octanol–water partition coefficient (Wildman–Crippen LogP) is 4.47. The molecule has 2 aromatic heterocycles. The largest absolute Gasteiger partial charge is 0.486 e. The van der Waals surface area contributed by atoms with Crippen LogP contribution in [0.1, 0.15) is 42.2 Å². The second-order valence-electron chi connectivity index (χ2n) is 8.20. The molecule has 1 aromatic carbocycles. The fourth-order valence-electron chi connectivity index (χ4n) is 4.29. The molecule has 7 heteroatoms. The van der Waals surface area contributed by atoms with Crippen molar-refractivity contribution in [1.29, 1.82) is 0 Å². The Morgan fingerprint density at radius 1 is 1.13 bits per heavy atom. The molecular formula is C24H26N4O3. The van der Waals surface area contributed by atoms with E-state index in [1.165, 1.54) is 0 Å². The lowest BCUT2D eigenvalue weighted by Crippen LogP contribution is -2.42. The molecule has 0 unspecified atom stereocenters. The van der Waals surface area contributed by atoms with Gasteiger partial charge in [0.15, 0.2) is 17.1 Å². The molecule has 5 rings (SSSR count). The molecule has 1 saturated heterocycles. The molecule has 2 aliphatic rings. The Bertz CT molecular complexity index is 1150. The number of aryl methyl sites for hydroxylation is 1. The number of hydrogen-bond donors (Lipinski definition) is 1. The van der Waals surface area contributed by atoms with E-state index < -0.39 is 0 Å². The number of carbonyl (C=O) groups is 1. The van der Waals surface area contributed by atoms with E-state index in [1.54, 1.807) is 6.20 Å². The summed E-state index contributed by atoms with van der Waals surface area (Å²) in [5.41, 5.74) is 3.59. The van der Waals surface area contributed by atoms with Gasteiger partial charge in [-0.1, -0.05) is 0 Å². The van der Waals surface area contributed by atoms with E-state index >= 15 is 0 Å². The van der Waals surface area contributed by atoms with Gasteiger partial charge in [-0.15, -0.1) is 0 Å². The molecule has 3 aromatic rings. The van der Waals surface area contributed by atoms with Crippen LogP contribution in [0.15, 0.2) is 36.5 Å². The van der Waals surface area contributed by atoms with E-state index in [4.69, 9.17) is 9.47 Å². The first-order valence-electron chi connectivity index (χ1n) is 10.8. The maximum Gasteiger partial charge on any atom is 0.257 e. The maximum atomic E-state index is 13.5. The summed E-state index contributed by atoms with van der Waals surface area (Å²) in [6.45, 7) is 5.89. The molecule has 160 valence electrons. The van der Waals surface area contributed by atoms with Crippen LogP contribution in [-0.4, -0.2) is 46.6 Å². The van der Waals surface area contributed by atoms with Gasteiger partial charge >= 0.3 is 0 Å². The SMILES string of the molecule is Cc1ccc2c(Nc3ccc4c(c3)OCCO4)c(C(=O)N3CCCC[C@H]3C)cnc2n1. The number of hydrogen-bond acceptors (Lipinski definition) is 6. The molecule has 1 atom stereocenters. The van der Waals surface area contributed by atoms with Crippen molar-refractivity contribution in [3.63, 3.8) is 0 Å². The van der Waals surface area contributed by atoms with Crippen LogP contribution in [0.3, 0.4) is 0 Å². The van der Waals surface area contributed by atoms with Crippen LogP contribution < -0.4 is 14.8 Å². The average molecular weight is 418 g/mol. The van der Waals surface area contributed by atoms with Crippen molar-refractivity contribution in [2.75, 3.05) is 25.1 Å². The molecule has 0 saturated carbocycles. The fourth-order valence-corrected chi connectivity index (χ4v) is 4.29. The highest BCUT2D eigenvalue weighted by molar-refractivity contribution is 6.07. The number of nitrogens with one attached hydrogen (secondary N) is 1. The fraction of sp³-hybridized carbons (Fsp3) is 0.375. The average Bonchev–Trinajstić information content (AvgIpc) is 2.79. The minimum atomic E-state index is 0.00205. The smallest absolute Gasteiger partial charge is 0.257 e. The van der Waals surface area contributed by atoms with Crippen LogP contribution in [0.2, 0.25) is 0 Å². The zero-order valence-corrected chi connectivity index (χ0v) is 17.9. The van der Waals surface area contributed by atoms with Crippen LogP contribution >= 0.6 is 0 Å². The van der Waals surface area contributed by atoms with Gasteiger partial charge in [-0.25, -0.2) is 9.97 Å². The molecule has 0 spiro atoms. The van der Waals surface area contributed by atoms with E-state index in [9.17, 15) is 4.79 Å². The molecule has 1 amide bonds. The quantitative estimate of drug-likeness (QED) is 0.676. The van der Waals surface area contributed by atoms with Crippen molar-refractivity contribution < 1.29 is 14.3 Å². The summed E-state index contributed by atoms with van der Waals surface area (Å²) in [5.74, 6) is 1.43. The van der Waals surface area contributed by atoms with Crippen molar-refractivity contribution in [3.8, 4) is 11.5 Å². The van der Waals surface area contributed by atoms with Crippen LogP contribution in [0.4, 0.5) is 11.4 Å². The molecular weight excluding hydrogens is 392 g/mol. The lowest BCUT2D eigenvalue weighted by Gasteiger charge is -2.34. The summed E-state index contributed by atoms with van der Waals surface area (Å²) >= 11 is 0. The number of aromatic nitrogens is 2. The van der Waals surface area contributed by atoms with Gasteiger partial charge in [0, 0.05) is 41.6 Å². The van der Waals surface area contributed by atoms with Gasteiger partial charge in [-0.3, -0.25) is 4.79 Å². The molecule has 1 N–H and O–H groups in total. The highest BCUT2D eigenvalue weighted by Crippen LogP contribution is 2.36. The number of carbonyl (C=O) groups excluding carboxylic acids is 1. The van der Waals surface area contributed by atoms with Crippen LogP contribution in [0.25, 0.3) is 11.0 Å². The van der Waals surface area contributed by atoms with E-state index in [2.05, 4.69) is 22.2 Å². The van der Waals surface area contributed by atoms with Crippen LogP contribution in [0, 0.1) is 6.92 Å². The van der Waals surface area contributed by atoms with Gasteiger partial charge < -0.3 is 19.7 Å². The Morgan fingerprint density at radius 2 is 1.97 bits per heavy atom. The summed E-state index contributed by atoms with van der Waals surface area (Å²) in [5, 5.41) is 4.27. The number of anilines is 2. The van der Waals surface area contributed by atoms with Gasteiger partial charge in [0.05, 0.1) is 11.3 Å². The number of piperidine rings is 1. The van der Waals surface area contributed by atoms with Gasteiger partial charge in [0.1, 0.15) is 13.2 Å². The van der Waals surface area contributed by atoms with Gasteiger partial charge in [-0.2, -0.15) is 0 Å². The Labute approximate surface area is 181 Å². The Balaban J connectivity index is 1.59. The third kappa shape index (κ3) is 3.76. The van der Waals surface area contributed by atoms with Gasteiger partial charge in [-0.05, 0) is 57.4 Å². The van der Waals surface area contributed by atoms with Crippen molar-refractivity contribution >= 4 is 28.3 Å². The van der Waals surface area contributed by atoms with E-state index in [1.807, 2.05) is 42.2 Å². The molecule has 0 aliphatic carbocycles. The molecule has 1 fully saturated rings. The lowest BCUT2D eigenvalue weighted by molar-refractivity contribution is 0.0636. The van der Waals surface area contributed by atoms with Crippen molar-refractivity contribution in [1.82, 2.24) is 14.9 Å². The van der Waals surface area contributed by atoms with Crippen molar-refractivity contribution in [3.05, 3.63) is 47.8 Å². The maximum absolute atomic E-state index is 13.5. The zero-order chi connectivity index (χ0) is 21.4. The normalized spacial score (nSPS) is 18.1. The zero-order valence-electron chi connectivity index (χ0n) is 17.9. The second-order valence-corrected chi connectivity index (χ2v) is 8.20. The molecule has 7 nitrogen and oxygen atoms in total. The van der Waals surface area contributed by atoms with Crippen LogP contribution in [0.5, 0.6) is 11.5 Å². The molecule has 4 heterocycles. The summed E-state index contributed by atoms with van der Waals surface area (Å²) in [7, 11) is 0. The number of likely N-dealkylation sites (tertiary alicyclic amines) is 1. The summed E-state index contributed by atoms with van der Waals surface area (Å²) < 4.78 is 11.4. The Kier molecular flexibility index (Phi) is 5.10. The number of pyridine rings is 2. The monoisotopic (exact) mass is 418 g/mol. The lowest BCUT2D eigenvalue weighted by atomic mass is 10.0. The van der Waals surface area contributed by atoms with E-state index in [0.717, 1.165) is 54.0 Å². The third-order valence-electron chi connectivity index (χ3n) is 5.97. The number of nitrogens with zero attached hydrogens (tertiary/aromatic N) is 3. The first kappa shape index (κ1) is 19.6. The standard InChI is InChI=1S/C24H26N4O3/c1-15-6-8-18-22(27-17-7-9-20-21(13-17)31-12-11-30-20)19(14-25-23(18)26-15)24(29)28-10-4-3-5-16(28)2/h6-9,13-14,16H,3-5,10-12H2,1-2H3,(H,25,26,27)/t16-/m1/s1. The number of ether oxygens (including phenoxy) is 2. The topological polar surface area (TPSA) is 76.6 Å². The number of fused-ring (bicyclic) bond motifs is 2. The summed E-state index contributed by atoms with van der Waals surface area (Å²) in [6.07, 6.45) is 4.87. The van der Waals surface area contributed by atoms with E-state index in [0.29, 0.717) is 30.2 Å². The number of amides is 1. The molecule has 31 heavy (non-hydrogen) atoms. The highest BCUT2D eigenvalue weighted by atomic mass is 16.6. The third-order valence-corrected chi connectivity index (χ3v) is 5.97. The van der Waals surface area contributed by atoms with Gasteiger partial charge in [0.25, 0.3) is 5.91 Å². The van der Waals surface area contributed by atoms with Gasteiger partial charge in [0.2, 0.25) is 0 Å².